The lowest BCUT2D eigenvalue weighted by molar-refractivity contribution is -0.138. The maximum absolute atomic E-state index is 15.2. The SMILES string of the molecule is Cc1cc(OCCCc2c3n(c4c(-c5c(C)nn(C)c5C)c(Cl)ccc24)CCCN(Cc2cc(OC=O)cc(-c4ccc(OCc5ccccc5C(F)(F)F)cc4)c2)C3=O)cc(C)c1Cl. The minimum atomic E-state index is -4.50. The molecule has 336 valence electrons. The average Bonchev–Trinajstić information content (AvgIpc) is 3.65. The summed E-state index contributed by atoms with van der Waals surface area (Å²) in [4.78, 5) is 28.6. The highest BCUT2D eigenvalue weighted by atomic mass is 35.5. The third-order valence-corrected chi connectivity index (χ3v) is 12.9. The molecule has 0 bridgehead atoms. The molecule has 0 fully saturated rings. The molecule has 0 radical (unpaired) electrons. The van der Waals surface area contributed by atoms with Crippen molar-refractivity contribution in [3.8, 4) is 39.5 Å². The summed E-state index contributed by atoms with van der Waals surface area (Å²) in [7, 11) is 1.91. The number of benzene rings is 5. The Balaban J connectivity index is 1.11. The Morgan fingerprint density at radius 2 is 1.55 bits per heavy atom. The summed E-state index contributed by atoms with van der Waals surface area (Å²) < 4.78 is 62.1. The second-order valence-corrected chi connectivity index (χ2v) is 17.2. The molecule has 0 N–H and O–H groups in total. The van der Waals surface area contributed by atoms with E-state index in [1.165, 1.54) is 12.1 Å². The van der Waals surface area contributed by atoms with E-state index in [0.29, 0.717) is 78.2 Å². The summed E-state index contributed by atoms with van der Waals surface area (Å²) in [5.41, 5.74) is 9.30. The van der Waals surface area contributed by atoms with Crippen molar-refractivity contribution in [2.24, 2.45) is 7.05 Å². The molecule has 9 nitrogen and oxygen atoms in total. The summed E-state index contributed by atoms with van der Waals surface area (Å²) >= 11 is 13.5. The molecule has 0 aliphatic carbocycles. The van der Waals surface area contributed by atoms with Crippen LogP contribution < -0.4 is 14.2 Å². The Labute approximate surface area is 385 Å². The third kappa shape index (κ3) is 9.33. The number of hydrogen-bond donors (Lipinski definition) is 0. The average molecular weight is 924 g/mol. The topological polar surface area (TPSA) is 87.8 Å². The molecule has 0 saturated carbocycles. The van der Waals surface area contributed by atoms with Crippen molar-refractivity contribution in [2.45, 2.75) is 72.8 Å². The van der Waals surface area contributed by atoms with Crippen LogP contribution in [-0.4, -0.2) is 44.8 Å². The van der Waals surface area contributed by atoms with E-state index in [2.05, 4.69) is 4.57 Å². The van der Waals surface area contributed by atoms with Crippen LogP contribution in [0.3, 0.4) is 0 Å². The van der Waals surface area contributed by atoms with E-state index >= 15 is 4.79 Å². The van der Waals surface area contributed by atoms with Crippen LogP contribution in [0.5, 0.6) is 17.2 Å². The highest BCUT2D eigenvalue weighted by molar-refractivity contribution is 6.35. The number of rotatable bonds is 14. The molecule has 1 aliphatic rings. The first-order valence-corrected chi connectivity index (χ1v) is 22.0. The van der Waals surface area contributed by atoms with Gasteiger partial charge in [0.25, 0.3) is 12.4 Å². The Bertz CT molecular complexity index is 2920. The highest BCUT2D eigenvalue weighted by Crippen LogP contribution is 2.43. The summed E-state index contributed by atoms with van der Waals surface area (Å²) in [5.74, 6) is 1.27. The van der Waals surface area contributed by atoms with E-state index in [9.17, 15) is 18.0 Å². The highest BCUT2D eigenvalue weighted by Gasteiger charge is 2.34. The van der Waals surface area contributed by atoms with Gasteiger partial charge in [-0.2, -0.15) is 18.3 Å². The van der Waals surface area contributed by atoms with E-state index in [1.54, 1.807) is 42.5 Å². The van der Waals surface area contributed by atoms with Crippen molar-refractivity contribution in [3.63, 3.8) is 0 Å². The van der Waals surface area contributed by atoms with Gasteiger partial charge in [-0.3, -0.25) is 14.3 Å². The number of amides is 1. The van der Waals surface area contributed by atoms with E-state index < -0.39 is 11.7 Å². The van der Waals surface area contributed by atoms with Gasteiger partial charge in [-0.1, -0.05) is 59.6 Å². The minimum Gasteiger partial charge on any atom is -0.494 e. The lowest BCUT2D eigenvalue weighted by Crippen LogP contribution is -2.31. The van der Waals surface area contributed by atoms with Gasteiger partial charge in [-0.25, -0.2) is 0 Å². The van der Waals surface area contributed by atoms with Crippen LogP contribution in [0.4, 0.5) is 13.2 Å². The molecular formula is C51H47Cl2F3N4O5. The van der Waals surface area contributed by atoms with Gasteiger partial charge in [-0.05, 0) is 135 Å². The second-order valence-electron chi connectivity index (χ2n) is 16.4. The van der Waals surface area contributed by atoms with Crippen molar-refractivity contribution in [3.05, 3.63) is 152 Å². The van der Waals surface area contributed by atoms with Crippen LogP contribution in [0.15, 0.2) is 91.0 Å². The van der Waals surface area contributed by atoms with Crippen LogP contribution in [0.25, 0.3) is 33.2 Å². The molecule has 0 atom stereocenters. The van der Waals surface area contributed by atoms with Crippen LogP contribution in [0.2, 0.25) is 10.0 Å². The monoisotopic (exact) mass is 922 g/mol. The number of hydrogen-bond acceptors (Lipinski definition) is 6. The fourth-order valence-corrected chi connectivity index (χ4v) is 9.28. The molecule has 8 rings (SSSR count). The Morgan fingerprint density at radius 1 is 0.815 bits per heavy atom. The molecule has 14 heteroatoms. The molecular weight excluding hydrogens is 876 g/mol. The second kappa shape index (κ2) is 18.7. The van der Waals surface area contributed by atoms with Crippen molar-refractivity contribution in [1.82, 2.24) is 19.2 Å². The molecule has 2 aromatic heterocycles. The number of ether oxygens (including phenoxy) is 3. The maximum Gasteiger partial charge on any atom is 0.416 e. The van der Waals surface area contributed by atoms with Crippen molar-refractivity contribution < 1.29 is 37.0 Å². The van der Waals surface area contributed by atoms with Crippen LogP contribution >= 0.6 is 23.2 Å². The Kier molecular flexibility index (Phi) is 13.0. The lowest BCUT2D eigenvalue weighted by atomic mass is 9.98. The van der Waals surface area contributed by atoms with Crippen LogP contribution in [-0.2, 0) is 44.1 Å². The zero-order valence-electron chi connectivity index (χ0n) is 36.6. The first-order chi connectivity index (χ1) is 31.1. The van der Waals surface area contributed by atoms with Crippen molar-refractivity contribution >= 4 is 46.5 Å². The summed E-state index contributed by atoms with van der Waals surface area (Å²) in [6, 6.07) is 25.4. The zero-order chi connectivity index (χ0) is 46.2. The zero-order valence-corrected chi connectivity index (χ0v) is 38.1. The molecule has 0 spiro atoms. The van der Waals surface area contributed by atoms with Gasteiger partial charge in [0.05, 0.1) is 28.4 Å². The number of carbonyl (C=O) groups is 2. The molecule has 1 aliphatic heterocycles. The Morgan fingerprint density at radius 3 is 2.25 bits per heavy atom. The largest absolute Gasteiger partial charge is 0.494 e. The van der Waals surface area contributed by atoms with Gasteiger partial charge in [0, 0.05) is 59.5 Å². The number of aryl methyl sites for hydroxylation is 6. The van der Waals surface area contributed by atoms with Gasteiger partial charge in [0.1, 0.15) is 29.5 Å². The molecule has 65 heavy (non-hydrogen) atoms. The van der Waals surface area contributed by atoms with Gasteiger partial charge in [0.2, 0.25) is 0 Å². The summed E-state index contributed by atoms with van der Waals surface area (Å²) in [6.07, 6.45) is -2.67. The number of alkyl halides is 3. The molecule has 5 aromatic carbocycles. The normalized spacial score (nSPS) is 13.0. The fourth-order valence-electron chi connectivity index (χ4n) is 8.93. The predicted octanol–water partition coefficient (Wildman–Crippen LogP) is 12.4. The quantitative estimate of drug-likeness (QED) is 0.0797. The van der Waals surface area contributed by atoms with E-state index in [1.807, 2.05) is 74.7 Å². The molecule has 1 amide bonds. The predicted molar refractivity (Wildman–Crippen MR) is 247 cm³/mol. The smallest absolute Gasteiger partial charge is 0.416 e. The number of fused-ring (bicyclic) bond motifs is 3. The van der Waals surface area contributed by atoms with Gasteiger partial charge in [-0.15, -0.1) is 0 Å². The van der Waals surface area contributed by atoms with Crippen molar-refractivity contribution in [2.75, 3.05) is 13.2 Å². The number of aromatic nitrogens is 3. The molecule has 0 saturated heterocycles. The minimum absolute atomic E-state index is 0.0270. The fraction of sp³-hybridized carbons (Fsp3) is 0.275. The Hall–Kier alpha value is -6.24. The van der Waals surface area contributed by atoms with E-state index in [0.717, 1.165) is 73.1 Å². The van der Waals surface area contributed by atoms with Crippen LogP contribution in [0.1, 0.15) is 68.1 Å². The van der Waals surface area contributed by atoms with Gasteiger partial charge < -0.3 is 23.7 Å². The van der Waals surface area contributed by atoms with Gasteiger partial charge in [0.15, 0.2) is 0 Å². The number of halogens is 5. The molecule has 7 aromatic rings. The standard InChI is InChI=1S/C51H47Cl2F3N4O5/c1-30-22-39(23-31(2)47(30)53)63-21-8-11-41-42-17-18-44(52)46(45-32(3)57-58(5)33(45)4)48(42)60-20-9-19-59(50(62)49(41)60)27-34-24-37(26-40(25-34)65-29-61)35-13-15-38(16-14-35)64-28-36-10-6-7-12-43(36)51(54,55)56/h6-7,10,12-18,22-26,29H,8-9,11,19-21,27-28H2,1-5H3. The van der Waals surface area contributed by atoms with Crippen molar-refractivity contribution in [1.29, 1.82) is 0 Å². The number of carbonyl (C=O) groups excluding carboxylic acids is 2. The summed E-state index contributed by atoms with van der Waals surface area (Å²) in [6.45, 7) is 9.63. The molecule has 3 heterocycles. The van der Waals surface area contributed by atoms with Gasteiger partial charge >= 0.3 is 6.18 Å². The first-order valence-electron chi connectivity index (χ1n) is 21.3. The van der Waals surface area contributed by atoms with E-state index in [4.69, 9.17) is 42.5 Å². The first kappa shape index (κ1) is 45.3. The van der Waals surface area contributed by atoms with Crippen LogP contribution in [0, 0.1) is 27.7 Å². The lowest BCUT2D eigenvalue weighted by Gasteiger charge is -2.22. The number of nitrogens with zero attached hydrogens (tertiary/aromatic N) is 4. The summed E-state index contributed by atoms with van der Waals surface area (Å²) in [5, 5.41) is 6.94. The maximum atomic E-state index is 15.2. The van der Waals surface area contributed by atoms with E-state index in [-0.39, 0.29) is 24.6 Å². The third-order valence-electron chi connectivity index (χ3n) is 12.0. The molecule has 0 unspecified atom stereocenters.